The number of nitrogens with zero attached hydrogens (tertiary/aromatic N) is 3. The van der Waals surface area contributed by atoms with Gasteiger partial charge in [-0.2, -0.15) is 14.9 Å². The fourth-order valence-electron chi connectivity index (χ4n) is 1.69. The lowest BCUT2D eigenvalue weighted by atomic mass is 10.3. The molecule has 2 aromatic heterocycles. The van der Waals surface area contributed by atoms with Crippen LogP contribution in [-0.2, 0) is 6.61 Å². The van der Waals surface area contributed by atoms with Crippen LogP contribution in [-0.4, -0.2) is 21.1 Å². The Morgan fingerprint density at radius 1 is 1.36 bits per heavy atom. The zero-order chi connectivity index (χ0) is 15.4. The van der Waals surface area contributed by atoms with E-state index >= 15 is 0 Å². The van der Waals surface area contributed by atoms with Gasteiger partial charge >= 0.3 is 0 Å². The summed E-state index contributed by atoms with van der Waals surface area (Å²) >= 11 is 11.0. The molecular formula is C14H11ClN4O2S. The lowest BCUT2D eigenvalue weighted by molar-refractivity contribution is 0.290. The topological polar surface area (TPSA) is 68.3 Å². The summed E-state index contributed by atoms with van der Waals surface area (Å²) in [7, 11) is 0. The minimum atomic E-state index is 0.213. The predicted octanol–water partition coefficient (Wildman–Crippen LogP) is 3.65. The highest BCUT2D eigenvalue weighted by molar-refractivity contribution is 7.71. The Morgan fingerprint density at radius 3 is 2.91 bits per heavy atom. The van der Waals surface area contributed by atoms with E-state index in [9.17, 15) is 0 Å². The van der Waals surface area contributed by atoms with Gasteiger partial charge in [0.1, 0.15) is 18.1 Å². The van der Waals surface area contributed by atoms with Gasteiger partial charge in [-0.3, -0.25) is 0 Å². The van der Waals surface area contributed by atoms with Crippen molar-refractivity contribution in [3.05, 3.63) is 64.0 Å². The van der Waals surface area contributed by atoms with Gasteiger partial charge in [0.05, 0.1) is 12.5 Å². The van der Waals surface area contributed by atoms with Gasteiger partial charge in [-0.05, 0) is 48.6 Å². The Bertz CT molecular complexity index is 821. The molecule has 0 fully saturated rings. The number of benzene rings is 1. The van der Waals surface area contributed by atoms with E-state index in [4.69, 9.17) is 33.0 Å². The minimum absolute atomic E-state index is 0.213. The lowest BCUT2D eigenvalue weighted by Crippen LogP contribution is -2.04. The first kappa shape index (κ1) is 14.6. The van der Waals surface area contributed by atoms with E-state index in [1.54, 1.807) is 48.9 Å². The zero-order valence-corrected chi connectivity index (χ0v) is 12.8. The molecule has 0 aliphatic heterocycles. The number of aromatic nitrogens is 3. The number of aromatic amines is 1. The average Bonchev–Trinajstić information content (AvgIpc) is 3.15. The van der Waals surface area contributed by atoms with Crippen LogP contribution >= 0.6 is 23.8 Å². The van der Waals surface area contributed by atoms with Crippen molar-refractivity contribution in [3.63, 3.8) is 0 Å². The number of H-pyrrole nitrogens is 1. The molecule has 3 rings (SSSR count). The second-order valence-electron chi connectivity index (χ2n) is 4.26. The summed E-state index contributed by atoms with van der Waals surface area (Å²) in [6, 6.07) is 10.6. The van der Waals surface area contributed by atoms with E-state index in [2.05, 4.69) is 15.3 Å². The highest BCUT2D eigenvalue weighted by Gasteiger charge is 2.06. The lowest BCUT2D eigenvalue weighted by Gasteiger charge is -2.05. The Labute approximate surface area is 136 Å². The van der Waals surface area contributed by atoms with Crippen LogP contribution in [0.4, 0.5) is 0 Å². The largest absolute Gasteiger partial charge is 0.486 e. The molecule has 0 radical (unpaired) electrons. The predicted molar refractivity (Wildman–Crippen MR) is 84.9 cm³/mol. The summed E-state index contributed by atoms with van der Waals surface area (Å²) in [5, 5.41) is 11.7. The van der Waals surface area contributed by atoms with E-state index in [1.165, 1.54) is 4.68 Å². The molecule has 0 unspecified atom stereocenters. The van der Waals surface area contributed by atoms with Crippen molar-refractivity contribution in [3.8, 4) is 5.75 Å². The van der Waals surface area contributed by atoms with Gasteiger partial charge in [-0.1, -0.05) is 11.6 Å². The van der Waals surface area contributed by atoms with Crippen LogP contribution in [0.3, 0.4) is 0 Å². The Balaban J connectivity index is 1.74. The number of nitrogens with one attached hydrogen (secondary N) is 1. The van der Waals surface area contributed by atoms with Crippen LogP contribution in [0.5, 0.6) is 5.75 Å². The van der Waals surface area contributed by atoms with Crippen molar-refractivity contribution in [2.75, 3.05) is 0 Å². The number of halogens is 1. The van der Waals surface area contributed by atoms with Gasteiger partial charge in [0, 0.05) is 5.02 Å². The van der Waals surface area contributed by atoms with Gasteiger partial charge in [0.15, 0.2) is 5.82 Å². The number of ether oxygens (including phenoxy) is 1. The maximum Gasteiger partial charge on any atom is 0.216 e. The third kappa shape index (κ3) is 3.44. The molecule has 2 heterocycles. The van der Waals surface area contributed by atoms with Crippen LogP contribution in [0.25, 0.3) is 0 Å². The summed E-state index contributed by atoms with van der Waals surface area (Å²) in [6.45, 7) is 0.213. The van der Waals surface area contributed by atoms with Crippen LogP contribution in [0.2, 0.25) is 5.02 Å². The SMILES string of the molecule is S=c1[nH]nc(COc2ccc(Cl)cc2)n1/N=C\c1ccco1. The van der Waals surface area contributed by atoms with Crippen molar-refractivity contribution in [1.82, 2.24) is 14.9 Å². The summed E-state index contributed by atoms with van der Waals surface area (Å²) in [5.74, 6) is 1.84. The Kier molecular flexibility index (Phi) is 4.36. The molecule has 1 N–H and O–H groups in total. The van der Waals surface area contributed by atoms with Crippen LogP contribution < -0.4 is 4.74 Å². The summed E-state index contributed by atoms with van der Waals surface area (Å²) in [4.78, 5) is 0. The molecule has 0 amide bonds. The van der Waals surface area contributed by atoms with E-state index < -0.39 is 0 Å². The smallest absolute Gasteiger partial charge is 0.216 e. The maximum absolute atomic E-state index is 5.83. The van der Waals surface area contributed by atoms with Crippen molar-refractivity contribution >= 4 is 30.0 Å². The van der Waals surface area contributed by atoms with Crippen molar-refractivity contribution in [1.29, 1.82) is 0 Å². The standard InChI is InChI=1S/C14H11ClN4O2S/c15-10-3-5-11(6-4-10)21-9-13-17-18-14(22)19(13)16-8-12-2-1-7-20-12/h1-8H,9H2,(H,18,22)/b16-8-. The number of hydrogen-bond donors (Lipinski definition) is 1. The Hall–Kier alpha value is -2.38. The molecule has 0 bridgehead atoms. The van der Waals surface area contributed by atoms with Crippen LogP contribution in [0.15, 0.2) is 52.2 Å². The zero-order valence-electron chi connectivity index (χ0n) is 11.3. The van der Waals surface area contributed by atoms with E-state index in [1.807, 2.05) is 0 Å². The molecule has 3 aromatic rings. The number of furan rings is 1. The van der Waals surface area contributed by atoms with Crippen LogP contribution in [0, 0.1) is 4.77 Å². The first-order valence-corrected chi connectivity index (χ1v) is 7.13. The molecule has 112 valence electrons. The molecule has 0 spiro atoms. The molecule has 6 nitrogen and oxygen atoms in total. The molecule has 0 saturated carbocycles. The second-order valence-corrected chi connectivity index (χ2v) is 5.08. The van der Waals surface area contributed by atoms with Gasteiger partial charge in [-0.25, -0.2) is 5.10 Å². The van der Waals surface area contributed by atoms with Crippen molar-refractivity contribution in [2.45, 2.75) is 6.61 Å². The normalized spacial score (nSPS) is 11.1. The summed E-state index contributed by atoms with van der Waals surface area (Å²) in [5.41, 5.74) is 0. The molecule has 0 aliphatic rings. The summed E-state index contributed by atoms with van der Waals surface area (Å²) in [6.07, 6.45) is 3.12. The fraction of sp³-hybridized carbons (Fsp3) is 0.0714. The van der Waals surface area contributed by atoms with Crippen LogP contribution in [0.1, 0.15) is 11.6 Å². The third-order valence-electron chi connectivity index (χ3n) is 2.74. The Morgan fingerprint density at radius 2 is 2.18 bits per heavy atom. The van der Waals surface area contributed by atoms with Gasteiger partial charge in [0.25, 0.3) is 0 Å². The molecule has 8 heteroatoms. The molecule has 22 heavy (non-hydrogen) atoms. The number of rotatable bonds is 5. The molecule has 1 aromatic carbocycles. The van der Waals surface area contributed by atoms with Gasteiger partial charge in [0.2, 0.25) is 4.77 Å². The van der Waals surface area contributed by atoms with E-state index in [-0.39, 0.29) is 6.61 Å². The van der Waals surface area contributed by atoms with E-state index in [0.29, 0.717) is 27.1 Å². The highest BCUT2D eigenvalue weighted by atomic mass is 35.5. The first-order valence-electron chi connectivity index (χ1n) is 6.35. The van der Waals surface area contributed by atoms with E-state index in [0.717, 1.165) is 0 Å². The molecule has 0 atom stereocenters. The van der Waals surface area contributed by atoms with Crippen molar-refractivity contribution < 1.29 is 9.15 Å². The fourth-order valence-corrected chi connectivity index (χ4v) is 2.02. The summed E-state index contributed by atoms with van der Waals surface area (Å²) < 4.78 is 12.7. The van der Waals surface area contributed by atoms with Gasteiger partial charge < -0.3 is 9.15 Å². The second kappa shape index (κ2) is 6.59. The highest BCUT2D eigenvalue weighted by Crippen LogP contribution is 2.16. The monoisotopic (exact) mass is 334 g/mol. The molecular weight excluding hydrogens is 324 g/mol. The average molecular weight is 335 g/mol. The molecule has 0 aliphatic carbocycles. The molecule has 0 saturated heterocycles. The number of hydrogen-bond acceptors (Lipinski definition) is 5. The first-order chi connectivity index (χ1) is 10.7. The van der Waals surface area contributed by atoms with Gasteiger partial charge in [-0.15, -0.1) is 0 Å². The minimum Gasteiger partial charge on any atom is -0.486 e. The maximum atomic E-state index is 5.83. The quantitative estimate of drug-likeness (QED) is 0.571. The third-order valence-corrected chi connectivity index (χ3v) is 3.26. The van der Waals surface area contributed by atoms with Crippen molar-refractivity contribution in [2.24, 2.45) is 5.10 Å².